The standard InChI is InChI=1S/C21H20N2O4S/c1-26-19(24)14-9-11-23(12-10-14)21-22-17-8-7-15(13-18(17)28-21)20(25)27-16-5-3-2-4-6-16/h2-8,13-14H,9-12H2,1H3. The number of hydrogen-bond donors (Lipinski definition) is 0. The Kier molecular flexibility index (Phi) is 5.25. The fraction of sp³-hybridized carbons (Fsp3) is 0.286. The van der Waals surface area contributed by atoms with E-state index in [9.17, 15) is 9.59 Å². The highest BCUT2D eigenvalue weighted by molar-refractivity contribution is 7.22. The van der Waals surface area contributed by atoms with Gasteiger partial charge < -0.3 is 14.4 Å². The van der Waals surface area contributed by atoms with Crippen molar-refractivity contribution in [3.63, 3.8) is 0 Å². The predicted molar refractivity (Wildman–Crippen MR) is 108 cm³/mol. The van der Waals surface area contributed by atoms with Crippen LogP contribution < -0.4 is 9.64 Å². The number of anilines is 1. The summed E-state index contributed by atoms with van der Waals surface area (Å²) in [6.07, 6.45) is 1.52. The number of thiazole rings is 1. The van der Waals surface area contributed by atoms with E-state index in [1.54, 1.807) is 29.5 Å². The van der Waals surface area contributed by atoms with Crippen molar-refractivity contribution in [1.29, 1.82) is 0 Å². The van der Waals surface area contributed by atoms with E-state index in [4.69, 9.17) is 9.47 Å². The Morgan fingerprint density at radius 2 is 1.86 bits per heavy atom. The number of hydrogen-bond acceptors (Lipinski definition) is 7. The van der Waals surface area contributed by atoms with E-state index >= 15 is 0 Å². The molecule has 4 rings (SSSR count). The molecular formula is C21H20N2O4S. The van der Waals surface area contributed by atoms with Gasteiger partial charge in [-0.2, -0.15) is 0 Å². The van der Waals surface area contributed by atoms with Gasteiger partial charge in [0, 0.05) is 13.1 Å². The quantitative estimate of drug-likeness (QED) is 0.492. The first kappa shape index (κ1) is 18.4. The molecule has 0 amide bonds. The molecule has 2 aromatic carbocycles. The minimum atomic E-state index is -0.387. The van der Waals surface area contributed by atoms with Crippen molar-refractivity contribution < 1.29 is 19.1 Å². The average Bonchev–Trinajstić information content (AvgIpc) is 3.17. The van der Waals surface area contributed by atoms with E-state index < -0.39 is 0 Å². The summed E-state index contributed by atoms with van der Waals surface area (Å²) in [5.41, 5.74) is 1.35. The highest BCUT2D eigenvalue weighted by Crippen LogP contribution is 2.32. The van der Waals surface area contributed by atoms with Gasteiger partial charge in [-0.15, -0.1) is 0 Å². The summed E-state index contributed by atoms with van der Waals surface area (Å²) < 4.78 is 11.2. The molecule has 7 heteroatoms. The number of para-hydroxylation sites is 1. The van der Waals surface area contributed by atoms with Crippen molar-refractivity contribution >= 4 is 38.6 Å². The van der Waals surface area contributed by atoms with Crippen LogP contribution in [-0.2, 0) is 9.53 Å². The molecular weight excluding hydrogens is 376 g/mol. The van der Waals surface area contributed by atoms with Crippen LogP contribution >= 0.6 is 11.3 Å². The number of carbonyl (C=O) groups excluding carboxylic acids is 2. The van der Waals surface area contributed by atoms with Gasteiger partial charge in [0.05, 0.1) is 28.8 Å². The molecule has 28 heavy (non-hydrogen) atoms. The van der Waals surface area contributed by atoms with Crippen LogP contribution in [0.3, 0.4) is 0 Å². The van der Waals surface area contributed by atoms with Crippen molar-refractivity contribution in [3.05, 3.63) is 54.1 Å². The van der Waals surface area contributed by atoms with E-state index in [1.165, 1.54) is 7.11 Å². The molecule has 0 radical (unpaired) electrons. The van der Waals surface area contributed by atoms with Gasteiger partial charge in [0.15, 0.2) is 5.13 Å². The van der Waals surface area contributed by atoms with Crippen LogP contribution in [0.5, 0.6) is 5.75 Å². The summed E-state index contributed by atoms with van der Waals surface area (Å²) in [7, 11) is 1.43. The molecule has 3 aromatic rings. The number of benzene rings is 2. The summed E-state index contributed by atoms with van der Waals surface area (Å²) in [6, 6.07) is 14.4. The van der Waals surface area contributed by atoms with Crippen LogP contribution in [0.1, 0.15) is 23.2 Å². The number of esters is 2. The van der Waals surface area contributed by atoms with Gasteiger partial charge in [-0.3, -0.25) is 4.79 Å². The topological polar surface area (TPSA) is 68.7 Å². The van der Waals surface area contributed by atoms with Crippen LogP contribution in [0.15, 0.2) is 48.5 Å². The van der Waals surface area contributed by atoms with Gasteiger partial charge in [0.1, 0.15) is 5.75 Å². The van der Waals surface area contributed by atoms with Crippen molar-refractivity contribution in [1.82, 2.24) is 4.98 Å². The lowest BCUT2D eigenvalue weighted by atomic mass is 9.97. The first-order valence-corrected chi connectivity index (χ1v) is 9.96. The molecule has 0 N–H and O–H groups in total. The van der Waals surface area contributed by atoms with Crippen LogP contribution in [0.25, 0.3) is 10.2 Å². The number of fused-ring (bicyclic) bond motifs is 1. The fourth-order valence-electron chi connectivity index (χ4n) is 3.30. The maximum absolute atomic E-state index is 12.4. The molecule has 1 fully saturated rings. The van der Waals surface area contributed by atoms with Crippen LogP contribution in [0, 0.1) is 5.92 Å². The first-order chi connectivity index (χ1) is 13.6. The Hall–Kier alpha value is -2.93. The fourth-order valence-corrected chi connectivity index (χ4v) is 4.36. The van der Waals surface area contributed by atoms with Gasteiger partial charge in [0.25, 0.3) is 0 Å². The number of rotatable bonds is 4. The molecule has 0 unspecified atom stereocenters. The Bertz CT molecular complexity index is 994. The van der Waals surface area contributed by atoms with E-state index in [1.807, 2.05) is 30.3 Å². The number of piperidine rings is 1. The minimum absolute atomic E-state index is 0.0324. The number of ether oxygens (including phenoxy) is 2. The van der Waals surface area contributed by atoms with Crippen LogP contribution in [-0.4, -0.2) is 37.1 Å². The van der Waals surface area contributed by atoms with Crippen molar-refractivity contribution in [2.24, 2.45) is 5.92 Å². The second-order valence-corrected chi connectivity index (χ2v) is 7.68. The van der Waals surface area contributed by atoms with Crippen molar-refractivity contribution in [3.8, 4) is 5.75 Å². The van der Waals surface area contributed by atoms with Crippen molar-refractivity contribution in [2.75, 3.05) is 25.1 Å². The maximum Gasteiger partial charge on any atom is 0.343 e. The molecule has 144 valence electrons. The summed E-state index contributed by atoms with van der Waals surface area (Å²) in [4.78, 5) is 31.0. The Labute approximate surface area is 166 Å². The van der Waals surface area contributed by atoms with E-state index in [2.05, 4.69) is 9.88 Å². The monoisotopic (exact) mass is 396 g/mol. The lowest BCUT2D eigenvalue weighted by Gasteiger charge is -2.30. The molecule has 2 heterocycles. The molecule has 1 saturated heterocycles. The van der Waals surface area contributed by atoms with Gasteiger partial charge in [0.2, 0.25) is 0 Å². The SMILES string of the molecule is COC(=O)C1CCN(c2nc3ccc(C(=O)Oc4ccccc4)cc3s2)CC1. The number of methoxy groups -OCH3 is 1. The Morgan fingerprint density at radius 3 is 2.57 bits per heavy atom. The molecule has 1 aliphatic rings. The lowest BCUT2D eigenvalue weighted by Crippen LogP contribution is -2.36. The predicted octanol–water partition coefficient (Wildman–Crippen LogP) is 3.90. The Balaban J connectivity index is 1.48. The molecule has 0 atom stereocenters. The number of nitrogens with zero attached hydrogens (tertiary/aromatic N) is 2. The molecule has 1 aromatic heterocycles. The zero-order valence-corrected chi connectivity index (χ0v) is 16.3. The summed E-state index contributed by atoms with van der Waals surface area (Å²) in [5, 5.41) is 0.909. The highest BCUT2D eigenvalue weighted by Gasteiger charge is 2.27. The normalized spacial score (nSPS) is 14.8. The third kappa shape index (κ3) is 3.84. The second kappa shape index (κ2) is 7.98. The minimum Gasteiger partial charge on any atom is -0.469 e. The molecule has 0 spiro atoms. The van der Waals surface area contributed by atoms with Gasteiger partial charge in [-0.05, 0) is 43.2 Å². The molecule has 6 nitrogen and oxygen atoms in total. The summed E-state index contributed by atoms with van der Waals surface area (Å²) in [6.45, 7) is 1.53. The largest absolute Gasteiger partial charge is 0.469 e. The van der Waals surface area contributed by atoms with Crippen LogP contribution in [0.4, 0.5) is 5.13 Å². The van der Waals surface area contributed by atoms with E-state index in [0.29, 0.717) is 11.3 Å². The van der Waals surface area contributed by atoms with E-state index in [-0.39, 0.29) is 17.9 Å². The molecule has 1 aliphatic heterocycles. The Morgan fingerprint density at radius 1 is 1.11 bits per heavy atom. The van der Waals surface area contributed by atoms with Gasteiger partial charge >= 0.3 is 11.9 Å². The van der Waals surface area contributed by atoms with Crippen molar-refractivity contribution in [2.45, 2.75) is 12.8 Å². The zero-order valence-electron chi connectivity index (χ0n) is 15.5. The molecule has 0 saturated carbocycles. The van der Waals surface area contributed by atoms with Crippen LogP contribution in [0.2, 0.25) is 0 Å². The summed E-state index contributed by atoms with van der Waals surface area (Å²) >= 11 is 1.55. The van der Waals surface area contributed by atoms with Gasteiger partial charge in [-0.25, -0.2) is 9.78 Å². The average molecular weight is 396 g/mol. The number of aromatic nitrogens is 1. The lowest BCUT2D eigenvalue weighted by molar-refractivity contribution is -0.146. The first-order valence-electron chi connectivity index (χ1n) is 9.14. The van der Waals surface area contributed by atoms with Gasteiger partial charge in [-0.1, -0.05) is 29.5 Å². The third-order valence-electron chi connectivity index (χ3n) is 4.87. The molecule has 0 aliphatic carbocycles. The highest BCUT2D eigenvalue weighted by atomic mass is 32.1. The second-order valence-electron chi connectivity index (χ2n) is 6.67. The maximum atomic E-state index is 12.4. The smallest absolute Gasteiger partial charge is 0.343 e. The third-order valence-corrected chi connectivity index (χ3v) is 5.95. The zero-order chi connectivity index (χ0) is 19.5. The number of carbonyl (C=O) groups is 2. The summed E-state index contributed by atoms with van der Waals surface area (Å²) in [5.74, 6) is -0.0338. The molecule has 0 bridgehead atoms. The van der Waals surface area contributed by atoms with E-state index in [0.717, 1.165) is 41.3 Å².